The zero-order valence-corrected chi connectivity index (χ0v) is 15.2. The van der Waals surface area contributed by atoms with Crippen LogP contribution in [0.4, 0.5) is 5.69 Å². The molecule has 0 atom stereocenters. The highest BCUT2D eigenvalue weighted by Crippen LogP contribution is 2.28. The standard InChI is InChI=1S/C14H20N4O4S2/c1-11-3-4-12-13(9-11)24(21,22)16-14(15-12)10-17-5-7-18(8-6-17)23(2,19)20/h3-4,9H,5-8,10H2,1-2H3,(H,15,16). The van der Waals surface area contributed by atoms with Crippen LogP contribution < -0.4 is 5.32 Å². The summed E-state index contributed by atoms with van der Waals surface area (Å²) in [5.41, 5.74) is 1.38. The number of piperazine rings is 1. The molecule has 1 saturated heterocycles. The second kappa shape index (κ2) is 6.10. The molecule has 0 saturated carbocycles. The van der Waals surface area contributed by atoms with Crippen LogP contribution in [0.25, 0.3) is 0 Å². The van der Waals surface area contributed by atoms with E-state index < -0.39 is 20.0 Å². The summed E-state index contributed by atoms with van der Waals surface area (Å²) >= 11 is 0. The smallest absolute Gasteiger partial charge is 0.286 e. The molecule has 1 fully saturated rings. The number of rotatable bonds is 3. The first-order chi connectivity index (χ1) is 11.1. The Morgan fingerprint density at radius 3 is 2.50 bits per heavy atom. The maximum Gasteiger partial charge on any atom is 0.286 e. The molecule has 0 radical (unpaired) electrons. The SMILES string of the molecule is Cc1ccc2c(c1)S(=O)(=O)N=C(CN1CCN(S(C)(=O)=O)CC1)N2. The van der Waals surface area contributed by atoms with E-state index in [-0.39, 0.29) is 4.90 Å². The van der Waals surface area contributed by atoms with Gasteiger partial charge in [-0.1, -0.05) is 6.07 Å². The summed E-state index contributed by atoms with van der Waals surface area (Å²) in [4.78, 5) is 2.18. The van der Waals surface area contributed by atoms with Crippen LogP contribution in [0.2, 0.25) is 0 Å². The Morgan fingerprint density at radius 2 is 1.88 bits per heavy atom. The van der Waals surface area contributed by atoms with Crippen LogP contribution in [0.3, 0.4) is 0 Å². The number of aryl methyl sites for hydroxylation is 1. The van der Waals surface area contributed by atoms with Gasteiger partial charge in [-0.15, -0.1) is 4.40 Å². The minimum atomic E-state index is -3.71. The molecule has 132 valence electrons. The van der Waals surface area contributed by atoms with Crippen LogP contribution >= 0.6 is 0 Å². The quantitative estimate of drug-likeness (QED) is 0.807. The van der Waals surface area contributed by atoms with Gasteiger partial charge in [-0.3, -0.25) is 4.90 Å². The molecular weight excluding hydrogens is 352 g/mol. The van der Waals surface area contributed by atoms with E-state index in [4.69, 9.17) is 0 Å². The van der Waals surface area contributed by atoms with Crippen LogP contribution in [-0.2, 0) is 20.0 Å². The monoisotopic (exact) mass is 372 g/mol. The number of fused-ring (bicyclic) bond motifs is 1. The molecule has 2 aliphatic heterocycles. The van der Waals surface area contributed by atoms with Gasteiger partial charge < -0.3 is 5.32 Å². The molecule has 8 nitrogen and oxygen atoms in total. The molecule has 1 aromatic rings. The van der Waals surface area contributed by atoms with Crippen molar-refractivity contribution in [1.29, 1.82) is 0 Å². The summed E-state index contributed by atoms with van der Waals surface area (Å²) in [6.45, 7) is 4.03. The lowest BCUT2D eigenvalue weighted by Crippen LogP contribution is -2.50. The van der Waals surface area contributed by atoms with Crippen molar-refractivity contribution in [3.05, 3.63) is 23.8 Å². The van der Waals surface area contributed by atoms with Crippen molar-refractivity contribution in [2.75, 3.05) is 44.3 Å². The number of benzene rings is 1. The van der Waals surface area contributed by atoms with Gasteiger partial charge in [0.05, 0.1) is 18.5 Å². The lowest BCUT2D eigenvalue weighted by Gasteiger charge is -2.33. The summed E-state index contributed by atoms with van der Waals surface area (Å²) in [6.07, 6.45) is 1.20. The maximum absolute atomic E-state index is 12.3. The summed E-state index contributed by atoms with van der Waals surface area (Å²) in [7, 11) is -6.89. The Kier molecular flexibility index (Phi) is 4.41. The van der Waals surface area contributed by atoms with E-state index >= 15 is 0 Å². The largest absolute Gasteiger partial charge is 0.341 e. The van der Waals surface area contributed by atoms with Gasteiger partial charge in [0.2, 0.25) is 10.0 Å². The second-order valence-corrected chi connectivity index (χ2v) is 9.63. The zero-order chi connectivity index (χ0) is 17.5. The van der Waals surface area contributed by atoms with Crippen molar-refractivity contribution >= 4 is 31.6 Å². The first kappa shape index (κ1) is 17.3. The third-order valence-electron chi connectivity index (χ3n) is 4.10. The van der Waals surface area contributed by atoms with E-state index in [0.29, 0.717) is 44.2 Å². The van der Waals surface area contributed by atoms with Crippen LogP contribution in [-0.4, -0.2) is 70.9 Å². The molecule has 0 aromatic heterocycles. The van der Waals surface area contributed by atoms with E-state index in [1.54, 1.807) is 12.1 Å². The van der Waals surface area contributed by atoms with Gasteiger partial charge in [-0.25, -0.2) is 8.42 Å². The highest BCUT2D eigenvalue weighted by atomic mass is 32.2. The highest BCUT2D eigenvalue weighted by Gasteiger charge is 2.28. The zero-order valence-electron chi connectivity index (χ0n) is 13.6. The fourth-order valence-corrected chi connectivity index (χ4v) is 4.87. The second-order valence-electron chi connectivity index (χ2n) is 6.08. The molecule has 2 aliphatic rings. The van der Waals surface area contributed by atoms with Crippen molar-refractivity contribution in [3.63, 3.8) is 0 Å². The first-order valence-electron chi connectivity index (χ1n) is 7.54. The van der Waals surface area contributed by atoms with Gasteiger partial charge in [0.25, 0.3) is 10.0 Å². The Hall–Kier alpha value is -1.49. The third kappa shape index (κ3) is 3.61. The average molecular weight is 372 g/mol. The number of amidine groups is 1. The molecular formula is C14H20N4O4S2. The minimum Gasteiger partial charge on any atom is -0.341 e. The van der Waals surface area contributed by atoms with E-state index in [0.717, 1.165) is 5.56 Å². The molecule has 24 heavy (non-hydrogen) atoms. The lowest BCUT2D eigenvalue weighted by molar-refractivity contribution is 0.210. The molecule has 2 heterocycles. The van der Waals surface area contributed by atoms with Gasteiger partial charge >= 0.3 is 0 Å². The van der Waals surface area contributed by atoms with Crippen molar-refractivity contribution in [2.24, 2.45) is 4.40 Å². The van der Waals surface area contributed by atoms with Gasteiger partial charge in [0.15, 0.2) is 0 Å². The molecule has 0 unspecified atom stereocenters. The number of hydrogen-bond donors (Lipinski definition) is 1. The number of hydrogen-bond acceptors (Lipinski definition) is 6. The highest BCUT2D eigenvalue weighted by molar-refractivity contribution is 7.90. The summed E-state index contributed by atoms with van der Waals surface area (Å²) in [5, 5.41) is 3.07. The van der Waals surface area contributed by atoms with E-state index in [2.05, 4.69) is 9.71 Å². The van der Waals surface area contributed by atoms with E-state index in [1.165, 1.54) is 10.6 Å². The molecule has 1 aromatic carbocycles. The Bertz CT molecular complexity index is 885. The van der Waals surface area contributed by atoms with Crippen LogP contribution in [0.5, 0.6) is 0 Å². The fourth-order valence-electron chi connectivity index (χ4n) is 2.82. The number of nitrogens with zero attached hydrogens (tertiary/aromatic N) is 3. The van der Waals surface area contributed by atoms with Crippen molar-refractivity contribution in [3.8, 4) is 0 Å². The normalized spacial score (nSPS) is 21.7. The first-order valence-corrected chi connectivity index (χ1v) is 10.8. The molecule has 0 bridgehead atoms. The average Bonchev–Trinajstić information content (AvgIpc) is 2.47. The Morgan fingerprint density at radius 1 is 1.21 bits per heavy atom. The number of nitrogens with one attached hydrogen (secondary N) is 1. The Labute approximate surface area is 142 Å². The van der Waals surface area contributed by atoms with E-state index in [9.17, 15) is 16.8 Å². The van der Waals surface area contributed by atoms with Crippen LogP contribution in [0.1, 0.15) is 5.56 Å². The van der Waals surface area contributed by atoms with Crippen LogP contribution in [0.15, 0.2) is 27.5 Å². The predicted octanol–water partition coefficient (Wildman–Crippen LogP) is 0.0849. The van der Waals surface area contributed by atoms with Crippen molar-refractivity contribution in [1.82, 2.24) is 9.21 Å². The van der Waals surface area contributed by atoms with Crippen molar-refractivity contribution in [2.45, 2.75) is 11.8 Å². The number of sulfonamides is 2. The fraction of sp³-hybridized carbons (Fsp3) is 0.500. The van der Waals surface area contributed by atoms with Gasteiger partial charge in [0.1, 0.15) is 10.7 Å². The predicted molar refractivity (Wildman–Crippen MR) is 92.3 cm³/mol. The molecule has 0 aliphatic carbocycles. The molecule has 0 spiro atoms. The summed E-state index contributed by atoms with van der Waals surface area (Å²) < 4.78 is 53.0. The topological polar surface area (TPSA) is 99.2 Å². The van der Waals surface area contributed by atoms with E-state index in [1.807, 2.05) is 17.9 Å². The van der Waals surface area contributed by atoms with Gasteiger partial charge in [0, 0.05) is 26.2 Å². The maximum atomic E-state index is 12.3. The molecule has 1 N–H and O–H groups in total. The lowest BCUT2D eigenvalue weighted by atomic mass is 10.2. The van der Waals surface area contributed by atoms with Gasteiger partial charge in [-0.05, 0) is 24.6 Å². The summed E-state index contributed by atoms with van der Waals surface area (Å²) in [6, 6.07) is 5.18. The minimum absolute atomic E-state index is 0.188. The summed E-state index contributed by atoms with van der Waals surface area (Å²) in [5.74, 6) is 0.360. The van der Waals surface area contributed by atoms with Crippen LogP contribution in [0, 0.1) is 6.92 Å². The Balaban J connectivity index is 1.72. The molecule has 10 heteroatoms. The van der Waals surface area contributed by atoms with Crippen molar-refractivity contribution < 1.29 is 16.8 Å². The number of anilines is 1. The molecule has 3 rings (SSSR count). The molecule has 0 amide bonds. The van der Waals surface area contributed by atoms with Gasteiger partial charge in [-0.2, -0.15) is 12.7 Å². The third-order valence-corrected chi connectivity index (χ3v) is 6.76.